The van der Waals surface area contributed by atoms with Crippen molar-refractivity contribution in [3.8, 4) is 11.1 Å². The van der Waals surface area contributed by atoms with Gasteiger partial charge >= 0.3 is 6.03 Å². The molecule has 0 spiro atoms. The number of sulfone groups is 1. The molecule has 144 valence electrons. The van der Waals surface area contributed by atoms with Gasteiger partial charge in [0, 0.05) is 24.9 Å². The Morgan fingerprint density at radius 2 is 1.81 bits per heavy atom. The van der Waals surface area contributed by atoms with E-state index in [4.69, 9.17) is 0 Å². The van der Waals surface area contributed by atoms with E-state index < -0.39 is 21.5 Å². The van der Waals surface area contributed by atoms with Crippen molar-refractivity contribution in [2.75, 3.05) is 30.4 Å². The summed E-state index contributed by atoms with van der Waals surface area (Å²) in [5.41, 5.74) is 1.41. The lowest BCUT2D eigenvalue weighted by Crippen LogP contribution is -2.33. The van der Waals surface area contributed by atoms with Crippen LogP contribution in [-0.2, 0) is 9.84 Å². The molecule has 1 unspecified atom stereocenters. The zero-order valence-electron chi connectivity index (χ0n) is 14.8. The third-order valence-corrected chi connectivity index (χ3v) is 5.57. The Morgan fingerprint density at radius 1 is 1.15 bits per heavy atom. The Labute approximate surface area is 156 Å². The smallest absolute Gasteiger partial charge is 0.321 e. The Hall–Kier alpha value is -2.48. The summed E-state index contributed by atoms with van der Waals surface area (Å²) in [7, 11) is -3.10. The predicted molar refractivity (Wildman–Crippen MR) is 100 cm³/mol. The molecule has 0 bridgehead atoms. The van der Waals surface area contributed by atoms with Crippen LogP contribution in [0.15, 0.2) is 42.5 Å². The number of urea groups is 1. The second kappa shape index (κ2) is 7.64. The van der Waals surface area contributed by atoms with Crippen LogP contribution < -0.4 is 5.32 Å². The Bertz CT molecular complexity index is 946. The molecule has 1 aliphatic rings. The average Bonchev–Trinajstić information content (AvgIpc) is 3.04. The Morgan fingerprint density at radius 3 is 2.48 bits per heavy atom. The van der Waals surface area contributed by atoms with Crippen molar-refractivity contribution in [3.63, 3.8) is 0 Å². The number of hydrogen-bond donors (Lipinski definition) is 1. The minimum absolute atomic E-state index is 0.0498. The molecule has 8 heteroatoms. The molecule has 1 heterocycles. The molecule has 0 aliphatic carbocycles. The first-order chi connectivity index (χ1) is 12.7. The molecule has 1 fully saturated rings. The number of carbonyl (C=O) groups excluding carboxylic acids is 1. The molecule has 1 saturated heterocycles. The van der Waals surface area contributed by atoms with Gasteiger partial charge in [-0.3, -0.25) is 0 Å². The number of carbonyl (C=O) groups is 1. The van der Waals surface area contributed by atoms with Crippen LogP contribution in [0.2, 0.25) is 0 Å². The maximum Gasteiger partial charge on any atom is 0.321 e. The standard InChI is InChI=1S/C19H20F2N2O3S/c1-27(25,26)12-13-8-9-23(11-13)19(24)22-18-7-6-16(21)10-17(18)14-2-4-15(20)5-3-14/h2-7,10,13H,8-9,11-12H2,1H3,(H,22,24). The second-order valence-corrected chi connectivity index (χ2v) is 9.00. The van der Waals surface area contributed by atoms with Gasteiger partial charge in [0.15, 0.2) is 0 Å². The van der Waals surface area contributed by atoms with Crippen LogP contribution >= 0.6 is 0 Å². The molecule has 27 heavy (non-hydrogen) atoms. The number of hydrogen-bond acceptors (Lipinski definition) is 3. The van der Waals surface area contributed by atoms with Crippen molar-refractivity contribution in [2.45, 2.75) is 6.42 Å². The quantitative estimate of drug-likeness (QED) is 0.863. The fourth-order valence-electron chi connectivity index (χ4n) is 3.27. The zero-order valence-corrected chi connectivity index (χ0v) is 15.6. The summed E-state index contributed by atoms with van der Waals surface area (Å²) < 4.78 is 49.7. The summed E-state index contributed by atoms with van der Waals surface area (Å²) >= 11 is 0. The van der Waals surface area contributed by atoms with E-state index in [1.807, 2.05) is 0 Å². The van der Waals surface area contributed by atoms with Gasteiger partial charge < -0.3 is 10.2 Å². The molecule has 0 aromatic heterocycles. The Kier molecular flexibility index (Phi) is 5.46. The van der Waals surface area contributed by atoms with Crippen LogP contribution in [0.5, 0.6) is 0 Å². The minimum Gasteiger partial charge on any atom is -0.324 e. The van der Waals surface area contributed by atoms with Crippen LogP contribution in [-0.4, -0.2) is 44.4 Å². The zero-order chi connectivity index (χ0) is 19.6. The molecule has 2 aromatic rings. The van der Waals surface area contributed by atoms with Crippen molar-refractivity contribution in [1.82, 2.24) is 4.90 Å². The van der Waals surface area contributed by atoms with Gasteiger partial charge in [-0.2, -0.15) is 0 Å². The van der Waals surface area contributed by atoms with E-state index in [2.05, 4.69) is 5.32 Å². The monoisotopic (exact) mass is 394 g/mol. The van der Waals surface area contributed by atoms with Crippen LogP contribution in [0.25, 0.3) is 11.1 Å². The maximum absolute atomic E-state index is 13.7. The van der Waals surface area contributed by atoms with Gasteiger partial charge in [0.05, 0.1) is 11.4 Å². The fraction of sp³-hybridized carbons (Fsp3) is 0.316. The number of halogens is 2. The van der Waals surface area contributed by atoms with Crippen molar-refractivity contribution in [3.05, 3.63) is 54.1 Å². The first kappa shape index (κ1) is 19.3. The highest BCUT2D eigenvalue weighted by molar-refractivity contribution is 7.90. The number of nitrogens with zero attached hydrogens (tertiary/aromatic N) is 1. The molecule has 0 saturated carbocycles. The third kappa shape index (κ3) is 5.03. The number of likely N-dealkylation sites (tertiary alicyclic amines) is 1. The van der Waals surface area contributed by atoms with Gasteiger partial charge in [-0.15, -0.1) is 0 Å². The van der Waals surface area contributed by atoms with Crippen molar-refractivity contribution in [2.24, 2.45) is 5.92 Å². The SMILES string of the molecule is CS(=O)(=O)CC1CCN(C(=O)Nc2ccc(F)cc2-c2ccc(F)cc2)C1. The van der Waals surface area contributed by atoms with E-state index in [0.717, 1.165) is 0 Å². The van der Waals surface area contributed by atoms with Crippen LogP contribution in [0.1, 0.15) is 6.42 Å². The molecule has 1 aliphatic heterocycles. The molecular formula is C19H20F2N2O3S. The maximum atomic E-state index is 13.7. The molecule has 2 amide bonds. The van der Waals surface area contributed by atoms with Gasteiger partial charge in [0.25, 0.3) is 0 Å². The first-order valence-corrected chi connectivity index (χ1v) is 10.6. The number of rotatable bonds is 4. The topological polar surface area (TPSA) is 66.5 Å². The number of nitrogens with one attached hydrogen (secondary N) is 1. The van der Waals surface area contributed by atoms with Crippen LogP contribution in [0.3, 0.4) is 0 Å². The summed E-state index contributed by atoms with van der Waals surface area (Å²) in [5, 5.41) is 2.75. The van der Waals surface area contributed by atoms with Crippen molar-refractivity contribution < 1.29 is 22.0 Å². The molecule has 0 radical (unpaired) electrons. The third-order valence-electron chi connectivity index (χ3n) is 4.49. The Balaban J connectivity index is 1.76. The first-order valence-electron chi connectivity index (χ1n) is 8.50. The largest absolute Gasteiger partial charge is 0.324 e. The van der Waals surface area contributed by atoms with E-state index in [1.54, 1.807) is 4.90 Å². The lowest BCUT2D eigenvalue weighted by molar-refractivity contribution is 0.221. The highest BCUT2D eigenvalue weighted by Gasteiger charge is 2.28. The van der Waals surface area contributed by atoms with Crippen LogP contribution in [0.4, 0.5) is 19.3 Å². The average molecular weight is 394 g/mol. The van der Waals surface area contributed by atoms with Crippen LogP contribution in [0, 0.1) is 17.6 Å². The fourth-order valence-corrected chi connectivity index (χ4v) is 4.40. The van der Waals surface area contributed by atoms with Gasteiger partial charge in [-0.05, 0) is 48.2 Å². The van der Waals surface area contributed by atoms with E-state index >= 15 is 0 Å². The highest BCUT2D eigenvalue weighted by atomic mass is 32.2. The normalized spacial score (nSPS) is 17.1. The molecular weight excluding hydrogens is 374 g/mol. The van der Waals surface area contributed by atoms with Crippen molar-refractivity contribution in [1.29, 1.82) is 0 Å². The summed E-state index contributed by atoms with van der Waals surface area (Å²) in [6.07, 6.45) is 1.80. The molecule has 3 rings (SSSR count). The highest BCUT2D eigenvalue weighted by Crippen LogP contribution is 2.30. The number of anilines is 1. The summed E-state index contributed by atoms with van der Waals surface area (Å²) in [6, 6.07) is 9.15. The lowest BCUT2D eigenvalue weighted by Gasteiger charge is -2.19. The van der Waals surface area contributed by atoms with E-state index in [9.17, 15) is 22.0 Å². The van der Waals surface area contributed by atoms with Gasteiger partial charge in [0.2, 0.25) is 0 Å². The van der Waals surface area contributed by atoms with Crippen molar-refractivity contribution >= 4 is 21.6 Å². The minimum atomic E-state index is -3.10. The van der Waals surface area contributed by atoms with Gasteiger partial charge in [0.1, 0.15) is 21.5 Å². The number of amides is 2. The van der Waals surface area contributed by atoms with Gasteiger partial charge in [-0.25, -0.2) is 22.0 Å². The lowest BCUT2D eigenvalue weighted by atomic mass is 10.0. The molecule has 5 nitrogen and oxygen atoms in total. The number of benzene rings is 2. The molecule has 2 aromatic carbocycles. The second-order valence-electron chi connectivity index (χ2n) is 6.82. The van der Waals surface area contributed by atoms with E-state index in [0.29, 0.717) is 36.3 Å². The molecule has 1 atom stereocenters. The summed E-state index contributed by atoms with van der Waals surface area (Å²) in [5.74, 6) is -0.916. The summed E-state index contributed by atoms with van der Waals surface area (Å²) in [6.45, 7) is 0.811. The molecule has 1 N–H and O–H groups in total. The summed E-state index contributed by atoms with van der Waals surface area (Å²) in [4.78, 5) is 14.1. The predicted octanol–water partition coefficient (Wildman–Crippen LogP) is 3.53. The van der Waals surface area contributed by atoms with E-state index in [1.165, 1.54) is 48.7 Å². The van der Waals surface area contributed by atoms with Gasteiger partial charge in [-0.1, -0.05) is 12.1 Å². The van der Waals surface area contributed by atoms with E-state index in [-0.39, 0.29) is 17.7 Å².